The van der Waals surface area contributed by atoms with Gasteiger partial charge in [0.1, 0.15) is 11.5 Å². The van der Waals surface area contributed by atoms with Crippen LogP contribution < -0.4 is 20.5 Å². The van der Waals surface area contributed by atoms with Gasteiger partial charge in [-0.05, 0) is 18.2 Å². The summed E-state index contributed by atoms with van der Waals surface area (Å²) in [6, 6.07) is 10.2. The van der Waals surface area contributed by atoms with Gasteiger partial charge in [0.05, 0.1) is 19.8 Å². The molecule has 0 aliphatic rings. The molecule has 2 aromatic rings. The summed E-state index contributed by atoms with van der Waals surface area (Å²) in [6.45, 7) is 0. The summed E-state index contributed by atoms with van der Waals surface area (Å²) in [5.41, 5.74) is 7.22. The highest BCUT2D eigenvalue weighted by molar-refractivity contribution is 9.10. The Hall–Kier alpha value is -2.21. The number of halogens is 1. The van der Waals surface area contributed by atoms with Crippen molar-refractivity contribution in [3.05, 3.63) is 46.4 Å². The standard InChI is InChI=1S/C15H15BrN2O3/c1-20-11-6-10(7-12(8-11)21-2)18-15(19)13-4-3-9(16)5-14(13)17/h3-8H,17H2,1-2H3,(H,18,19). The molecule has 2 aromatic carbocycles. The first kappa shape index (κ1) is 15.2. The number of amides is 1. The van der Waals surface area contributed by atoms with E-state index < -0.39 is 0 Å². The Morgan fingerprint density at radius 3 is 2.24 bits per heavy atom. The monoisotopic (exact) mass is 350 g/mol. The number of ether oxygens (including phenoxy) is 2. The average Bonchev–Trinajstić information content (AvgIpc) is 2.46. The highest BCUT2D eigenvalue weighted by atomic mass is 79.9. The molecule has 0 bridgehead atoms. The smallest absolute Gasteiger partial charge is 0.257 e. The third kappa shape index (κ3) is 3.66. The Bertz CT molecular complexity index is 652. The summed E-state index contributed by atoms with van der Waals surface area (Å²) in [6.07, 6.45) is 0. The Kier molecular flexibility index (Phi) is 4.70. The molecule has 21 heavy (non-hydrogen) atoms. The minimum Gasteiger partial charge on any atom is -0.497 e. The van der Waals surface area contributed by atoms with Crippen molar-refractivity contribution in [2.24, 2.45) is 0 Å². The van der Waals surface area contributed by atoms with Crippen LogP contribution in [0.15, 0.2) is 40.9 Å². The molecule has 5 nitrogen and oxygen atoms in total. The first-order chi connectivity index (χ1) is 10.0. The normalized spacial score (nSPS) is 10.0. The molecule has 1 amide bonds. The van der Waals surface area contributed by atoms with Crippen LogP contribution in [-0.2, 0) is 0 Å². The number of anilines is 2. The number of methoxy groups -OCH3 is 2. The van der Waals surface area contributed by atoms with Crippen molar-refractivity contribution in [2.75, 3.05) is 25.3 Å². The lowest BCUT2D eigenvalue weighted by Crippen LogP contribution is -2.14. The van der Waals surface area contributed by atoms with Crippen LogP contribution in [0.2, 0.25) is 0 Å². The molecule has 0 aliphatic carbocycles. The molecule has 0 heterocycles. The fourth-order valence-corrected chi connectivity index (χ4v) is 2.20. The Balaban J connectivity index is 2.26. The summed E-state index contributed by atoms with van der Waals surface area (Å²) in [5.74, 6) is 0.886. The van der Waals surface area contributed by atoms with Gasteiger partial charge in [-0.25, -0.2) is 0 Å². The van der Waals surface area contributed by atoms with E-state index in [9.17, 15) is 4.79 Å². The van der Waals surface area contributed by atoms with Crippen molar-refractivity contribution in [1.29, 1.82) is 0 Å². The van der Waals surface area contributed by atoms with Gasteiger partial charge in [0.15, 0.2) is 0 Å². The molecule has 0 aliphatic heterocycles. The molecule has 0 radical (unpaired) electrons. The van der Waals surface area contributed by atoms with Gasteiger partial charge in [0.25, 0.3) is 5.91 Å². The van der Waals surface area contributed by atoms with E-state index >= 15 is 0 Å². The van der Waals surface area contributed by atoms with Crippen LogP contribution in [0.25, 0.3) is 0 Å². The molecule has 6 heteroatoms. The minimum absolute atomic E-state index is 0.296. The lowest BCUT2D eigenvalue weighted by molar-refractivity contribution is 0.102. The van der Waals surface area contributed by atoms with Crippen molar-refractivity contribution in [3.63, 3.8) is 0 Å². The third-order valence-electron chi connectivity index (χ3n) is 2.87. The van der Waals surface area contributed by atoms with Gasteiger partial charge in [-0.3, -0.25) is 4.79 Å². The molecule has 0 unspecified atom stereocenters. The number of hydrogen-bond donors (Lipinski definition) is 2. The molecule has 0 fully saturated rings. The molecular weight excluding hydrogens is 336 g/mol. The van der Waals surface area contributed by atoms with Crippen molar-refractivity contribution in [3.8, 4) is 11.5 Å². The molecule has 0 spiro atoms. The molecule has 0 aromatic heterocycles. The van der Waals surface area contributed by atoms with E-state index in [1.54, 1.807) is 50.6 Å². The van der Waals surface area contributed by atoms with Crippen LogP contribution in [0.4, 0.5) is 11.4 Å². The maximum atomic E-state index is 12.3. The van der Waals surface area contributed by atoms with Crippen molar-refractivity contribution in [1.82, 2.24) is 0 Å². The van der Waals surface area contributed by atoms with Crippen molar-refractivity contribution < 1.29 is 14.3 Å². The van der Waals surface area contributed by atoms with E-state index in [4.69, 9.17) is 15.2 Å². The zero-order valence-corrected chi connectivity index (χ0v) is 13.2. The SMILES string of the molecule is COc1cc(NC(=O)c2ccc(Br)cc2N)cc(OC)c1. The number of nitrogens with two attached hydrogens (primary N) is 1. The zero-order chi connectivity index (χ0) is 15.4. The first-order valence-corrected chi connectivity index (χ1v) is 6.92. The number of benzene rings is 2. The number of nitrogens with one attached hydrogen (secondary N) is 1. The predicted octanol–water partition coefficient (Wildman–Crippen LogP) is 3.30. The fourth-order valence-electron chi connectivity index (χ4n) is 1.82. The van der Waals surface area contributed by atoms with E-state index in [1.807, 2.05) is 0 Å². The van der Waals surface area contributed by atoms with E-state index in [2.05, 4.69) is 21.2 Å². The van der Waals surface area contributed by atoms with Crippen LogP contribution >= 0.6 is 15.9 Å². The summed E-state index contributed by atoms with van der Waals surface area (Å²) >= 11 is 3.31. The van der Waals surface area contributed by atoms with Crippen LogP contribution in [0, 0.1) is 0 Å². The Labute approximate surface area is 131 Å². The van der Waals surface area contributed by atoms with Crippen LogP contribution in [-0.4, -0.2) is 20.1 Å². The predicted molar refractivity (Wildman–Crippen MR) is 86.1 cm³/mol. The largest absolute Gasteiger partial charge is 0.497 e. The van der Waals surface area contributed by atoms with Crippen molar-refractivity contribution >= 4 is 33.2 Å². The fraction of sp³-hybridized carbons (Fsp3) is 0.133. The number of carbonyl (C=O) groups excluding carboxylic acids is 1. The van der Waals surface area contributed by atoms with Gasteiger partial charge in [-0.15, -0.1) is 0 Å². The second-order valence-corrected chi connectivity index (χ2v) is 5.20. The summed E-state index contributed by atoms with van der Waals surface area (Å²) < 4.78 is 11.1. The first-order valence-electron chi connectivity index (χ1n) is 6.13. The Morgan fingerprint density at radius 1 is 1.10 bits per heavy atom. The van der Waals surface area contributed by atoms with E-state index in [0.29, 0.717) is 28.4 Å². The summed E-state index contributed by atoms with van der Waals surface area (Å²) in [7, 11) is 3.10. The highest BCUT2D eigenvalue weighted by Crippen LogP contribution is 2.27. The molecular formula is C15H15BrN2O3. The van der Waals surface area contributed by atoms with Crippen LogP contribution in [0.3, 0.4) is 0 Å². The van der Waals surface area contributed by atoms with E-state index in [-0.39, 0.29) is 5.91 Å². The number of carbonyl (C=O) groups is 1. The van der Waals surface area contributed by atoms with Gasteiger partial charge < -0.3 is 20.5 Å². The lowest BCUT2D eigenvalue weighted by atomic mass is 10.1. The van der Waals surface area contributed by atoms with E-state index in [1.165, 1.54) is 0 Å². The molecule has 0 atom stereocenters. The third-order valence-corrected chi connectivity index (χ3v) is 3.36. The van der Waals surface area contributed by atoms with Gasteiger partial charge in [0.2, 0.25) is 0 Å². The quantitative estimate of drug-likeness (QED) is 0.829. The average molecular weight is 351 g/mol. The Morgan fingerprint density at radius 2 is 1.71 bits per heavy atom. The van der Waals surface area contributed by atoms with E-state index in [0.717, 1.165) is 4.47 Å². The maximum Gasteiger partial charge on any atom is 0.257 e. The van der Waals surface area contributed by atoms with Gasteiger partial charge in [-0.2, -0.15) is 0 Å². The zero-order valence-electron chi connectivity index (χ0n) is 11.6. The minimum atomic E-state index is -0.296. The number of nitrogen functional groups attached to an aromatic ring is 1. The summed E-state index contributed by atoms with van der Waals surface area (Å²) in [5, 5.41) is 2.77. The van der Waals surface area contributed by atoms with Crippen LogP contribution in [0.1, 0.15) is 10.4 Å². The second-order valence-electron chi connectivity index (χ2n) is 4.29. The molecule has 0 saturated heterocycles. The lowest BCUT2D eigenvalue weighted by Gasteiger charge is -2.11. The highest BCUT2D eigenvalue weighted by Gasteiger charge is 2.11. The number of hydrogen-bond acceptors (Lipinski definition) is 4. The summed E-state index contributed by atoms with van der Waals surface area (Å²) in [4.78, 5) is 12.3. The second kappa shape index (κ2) is 6.49. The molecule has 3 N–H and O–H groups in total. The molecule has 0 saturated carbocycles. The maximum absolute atomic E-state index is 12.3. The van der Waals surface area contributed by atoms with Gasteiger partial charge in [-0.1, -0.05) is 15.9 Å². The van der Waals surface area contributed by atoms with Gasteiger partial charge in [0, 0.05) is 34.0 Å². The van der Waals surface area contributed by atoms with Crippen molar-refractivity contribution in [2.45, 2.75) is 0 Å². The van der Waals surface area contributed by atoms with Crippen LogP contribution in [0.5, 0.6) is 11.5 Å². The molecule has 110 valence electrons. The van der Waals surface area contributed by atoms with Gasteiger partial charge >= 0.3 is 0 Å². The number of rotatable bonds is 4. The topological polar surface area (TPSA) is 73.6 Å². The molecule has 2 rings (SSSR count).